The van der Waals surface area contributed by atoms with Crippen LogP contribution in [0.2, 0.25) is 5.02 Å². The van der Waals surface area contributed by atoms with E-state index in [1.54, 1.807) is 7.05 Å². The fourth-order valence-corrected chi connectivity index (χ4v) is 6.17. The molecule has 28 heavy (non-hydrogen) atoms. The number of nitrogens with zero attached hydrogens (tertiary/aromatic N) is 1. The van der Waals surface area contributed by atoms with E-state index in [-0.39, 0.29) is 39.7 Å². The summed E-state index contributed by atoms with van der Waals surface area (Å²) in [5, 5.41) is 5.95. The highest BCUT2D eigenvalue weighted by Crippen LogP contribution is 2.40. The van der Waals surface area contributed by atoms with Crippen molar-refractivity contribution in [3.8, 4) is 0 Å². The van der Waals surface area contributed by atoms with Crippen LogP contribution in [0.15, 0.2) is 23.1 Å². The predicted octanol–water partition coefficient (Wildman–Crippen LogP) is 2.38. The number of likely N-dealkylation sites (N-methyl/N-ethyl adjacent to an activating group) is 1. The Labute approximate surface area is 170 Å². The van der Waals surface area contributed by atoms with Gasteiger partial charge >= 0.3 is 0 Å². The summed E-state index contributed by atoms with van der Waals surface area (Å²) >= 11 is 5.76. The fraction of sp³-hybridized carbons (Fsp3) is 0.632. The summed E-state index contributed by atoms with van der Waals surface area (Å²) in [4.78, 5) is 12.5. The van der Waals surface area contributed by atoms with Crippen LogP contribution in [-0.2, 0) is 14.8 Å². The van der Waals surface area contributed by atoms with Gasteiger partial charge in [0.05, 0.1) is 16.0 Å². The van der Waals surface area contributed by atoms with Crippen LogP contribution < -0.4 is 10.6 Å². The van der Waals surface area contributed by atoms with E-state index in [4.69, 9.17) is 11.6 Å². The number of hydrogen-bond acceptors (Lipinski definition) is 4. The maximum atomic E-state index is 13.4. The fourth-order valence-electron chi connectivity index (χ4n) is 4.36. The van der Waals surface area contributed by atoms with E-state index in [9.17, 15) is 17.6 Å². The molecule has 1 aliphatic heterocycles. The monoisotopic (exact) mass is 431 g/mol. The normalized spacial score (nSPS) is 26.2. The first-order chi connectivity index (χ1) is 13.3. The van der Waals surface area contributed by atoms with Crippen LogP contribution >= 0.6 is 11.6 Å². The Hall–Kier alpha value is -1.22. The van der Waals surface area contributed by atoms with Crippen LogP contribution in [0.1, 0.15) is 32.6 Å². The lowest BCUT2D eigenvalue weighted by atomic mass is 9.97. The first-order valence-electron chi connectivity index (χ1n) is 9.70. The van der Waals surface area contributed by atoms with Gasteiger partial charge in [-0.2, -0.15) is 4.31 Å². The molecule has 1 saturated heterocycles. The first kappa shape index (κ1) is 21.5. The SMILES string of the molecule is CCC[C@H](NC)C(=O)N[C@H]1CC[C@@H]2CN(S(=O)(=O)c3ccc(F)c(Cl)c3)C[C@@H]21. The van der Waals surface area contributed by atoms with E-state index < -0.39 is 15.8 Å². The third kappa shape index (κ3) is 4.20. The molecule has 0 aromatic heterocycles. The molecule has 1 heterocycles. The second-order valence-electron chi connectivity index (χ2n) is 7.64. The molecule has 4 atom stereocenters. The first-order valence-corrected chi connectivity index (χ1v) is 11.5. The van der Waals surface area contributed by atoms with Gasteiger partial charge in [-0.05, 0) is 56.3 Å². The Morgan fingerprint density at radius 3 is 2.75 bits per heavy atom. The molecule has 1 aromatic rings. The van der Waals surface area contributed by atoms with E-state index in [1.165, 1.54) is 10.4 Å². The molecule has 2 N–H and O–H groups in total. The molecule has 2 aliphatic rings. The van der Waals surface area contributed by atoms with Crippen molar-refractivity contribution in [2.24, 2.45) is 11.8 Å². The minimum absolute atomic E-state index is 0.00217. The lowest BCUT2D eigenvalue weighted by Gasteiger charge is -2.24. The standard InChI is InChI=1S/C19H27ClFN3O3S/c1-3-4-18(22-2)19(25)23-17-8-5-12-10-24(11-14(12)17)28(26,27)13-6-7-16(21)15(20)9-13/h6-7,9,12,14,17-18,22H,3-5,8,10-11H2,1-2H3,(H,23,25)/t12-,14+,17+,18+/m1/s1. The van der Waals surface area contributed by atoms with Gasteiger partial charge in [-0.3, -0.25) is 4.79 Å². The van der Waals surface area contributed by atoms with Crippen LogP contribution in [0.5, 0.6) is 0 Å². The highest BCUT2D eigenvalue weighted by molar-refractivity contribution is 7.89. The average molecular weight is 432 g/mol. The second kappa shape index (κ2) is 8.65. The zero-order valence-corrected chi connectivity index (χ0v) is 17.7. The second-order valence-corrected chi connectivity index (χ2v) is 9.99. The van der Waals surface area contributed by atoms with Crippen LogP contribution in [0.25, 0.3) is 0 Å². The van der Waals surface area contributed by atoms with Crippen LogP contribution in [0.3, 0.4) is 0 Å². The molecule has 1 aromatic carbocycles. The summed E-state index contributed by atoms with van der Waals surface area (Å²) in [5.41, 5.74) is 0. The van der Waals surface area contributed by atoms with E-state index >= 15 is 0 Å². The number of carbonyl (C=O) groups is 1. The molecule has 6 nitrogen and oxygen atoms in total. The summed E-state index contributed by atoms with van der Waals surface area (Å²) in [6.45, 7) is 2.80. The van der Waals surface area contributed by atoms with E-state index in [0.29, 0.717) is 13.1 Å². The van der Waals surface area contributed by atoms with Gasteiger partial charge in [-0.25, -0.2) is 12.8 Å². The van der Waals surface area contributed by atoms with E-state index in [0.717, 1.165) is 37.8 Å². The molecule has 0 spiro atoms. The number of hydrogen-bond donors (Lipinski definition) is 2. The van der Waals surface area contributed by atoms with Crippen molar-refractivity contribution in [2.75, 3.05) is 20.1 Å². The van der Waals surface area contributed by atoms with Gasteiger partial charge in [0.25, 0.3) is 0 Å². The largest absolute Gasteiger partial charge is 0.352 e. The van der Waals surface area contributed by atoms with Gasteiger partial charge in [0.2, 0.25) is 15.9 Å². The number of halogens is 2. The van der Waals surface area contributed by atoms with Gasteiger partial charge < -0.3 is 10.6 Å². The molecule has 0 radical (unpaired) electrons. The van der Waals surface area contributed by atoms with Crippen molar-refractivity contribution in [2.45, 2.75) is 49.6 Å². The average Bonchev–Trinajstić information content (AvgIpc) is 3.24. The highest BCUT2D eigenvalue weighted by Gasteiger charge is 2.47. The van der Waals surface area contributed by atoms with Gasteiger partial charge in [-0.15, -0.1) is 0 Å². The molecule has 1 aliphatic carbocycles. The summed E-state index contributed by atoms with van der Waals surface area (Å²) < 4.78 is 40.7. The van der Waals surface area contributed by atoms with Gasteiger partial charge in [0.15, 0.2) is 0 Å². The molecule has 0 unspecified atom stereocenters. The summed E-state index contributed by atoms with van der Waals surface area (Å²) in [6.07, 6.45) is 3.40. The summed E-state index contributed by atoms with van der Waals surface area (Å²) in [7, 11) is -1.97. The molecule has 3 rings (SSSR count). The zero-order valence-electron chi connectivity index (χ0n) is 16.1. The number of carbonyl (C=O) groups excluding carboxylic acids is 1. The molecule has 9 heteroatoms. The summed E-state index contributed by atoms with van der Waals surface area (Å²) in [6, 6.07) is 3.21. The number of sulfonamides is 1. The number of benzene rings is 1. The minimum Gasteiger partial charge on any atom is -0.352 e. The van der Waals surface area contributed by atoms with Crippen molar-refractivity contribution in [1.82, 2.24) is 14.9 Å². The smallest absolute Gasteiger partial charge is 0.243 e. The van der Waals surface area contributed by atoms with Crippen molar-refractivity contribution in [1.29, 1.82) is 0 Å². The zero-order chi connectivity index (χ0) is 20.5. The van der Waals surface area contributed by atoms with Crippen molar-refractivity contribution >= 4 is 27.5 Å². The van der Waals surface area contributed by atoms with Crippen LogP contribution in [0.4, 0.5) is 4.39 Å². The Balaban J connectivity index is 1.70. The molecule has 0 bridgehead atoms. The number of amides is 1. The topological polar surface area (TPSA) is 78.5 Å². The predicted molar refractivity (Wildman–Crippen MR) is 106 cm³/mol. The number of fused-ring (bicyclic) bond motifs is 1. The van der Waals surface area contributed by atoms with E-state index in [1.807, 2.05) is 6.92 Å². The van der Waals surface area contributed by atoms with Gasteiger partial charge in [0.1, 0.15) is 5.82 Å². The molecular weight excluding hydrogens is 405 g/mol. The van der Waals surface area contributed by atoms with Gasteiger partial charge in [0, 0.05) is 19.1 Å². The Morgan fingerprint density at radius 1 is 1.36 bits per heavy atom. The quantitative estimate of drug-likeness (QED) is 0.694. The maximum absolute atomic E-state index is 13.4. The van der Waals surface area contributed by atoms with E-state index in [2.05, 4.69) is 10.6 Å². The van der Waals surface area contributed by atoms with Crippen LogP contribution in [-0.4, -0.2) is 50.9 Å². The number of rotatable bonds is 7. The highest BCUT2D eigenvalue weighted by atomic mass is 35.5. The van der Waals surface area contributed by atoms with Crippen molar-refractivity contribution < 1.29 is 17.6 Å². The lowest BCUT2D eigenvalue weighted by molar-refractivity contribution is -0.124. The Morgan fingerprint density at radius 2 is 2.11 bits per heavy atom. The van der Waals surface area contributed by atoms with Crippen molar-refractivity contribution in [3.63, 3.8) is 0 Å². The molecule has 1 saturated carbocycles. The third-order valence-corrected chi connectivity index (χ3v) is 8.04. The van der Waals surface area contributed by atoms with Crippen LogP contribution in [0, 0.1) is 17.7 Å². The third-order valence-electron chi connectivity index (χ3n) is 5.92. The minimum atomic E-state index is -3.74. The Bertz CT molecular complexity index is 836. The van der Waals surface area contributed by atoms with Crippen molar-refractivity contribution in [3.05, 3.63) is 29.0 Å². The summed E-state index contributed by atoms with van der Waals surface area (Å²) in [5.74, 6) is -0.363. The molecular formula is C19H27ClFN3O3S. The lowest BCUT2D eigenvalue weighted by Crippen LogP contribution is -2.48. The Kier molecular flexibility index (Phi) is 6.64. The molecule has 1 amide bonds. The molecule has 2 fully saturated rings. The number of nitrogens with one attached hydrogen (secondary N) is 2. The maximum Gasteiger partial charge on any atom is 0.243 e. The van der Waals surface area contributed by atoms with Gasteiger partial charge in [-0.1, -0.05) is 24.9 Å². The molecule has 156 valence electrons.